The molecule has 0 unspecified atom stereocenters. The summed E-state index contributed by atoms with van der Waals surface area (Å²) >= 11 is 8.56. The quantitative estimate of drug-likeness (QED) is 0.505. The average molecular weight is 348 g/mol. The van der Waals surface area contributed by atoms with Crippen molar-refractivity contribution in [1.82, 2.24) is 10.7 Å². The van der Waals surface area contributed by atoms with Gasteiger partial charge in [-0.2, -0.15) is 5.10 Å². The Morgan fingerprint density at radius 1 is 1.15 bits per heavy atom. The summed E-state index contributed by atoms with van der Waals surface area (Å²) in [6.45, 7) is 0.680. The van der Waals surface area contributed by atoms with Crippen molar-refractivity contribution in [2.45, 2.75) is 6.54 Å². The van der Waals surface area contributed by atoms with Crippen LogP contribution in [0.2, 0.25) is 0 Å². The molecule has 0 fully saturated rings. The molecule has 0 saturated heterocycles. The van der Waals surface area contributed by atoms with E-state index in [-0.39, 0.29) is 0 Å². The lowest BCUT2D eigenvalue weighted by Gasteiger charge is -2.06. The van der Waals surface area contributed by atoms with Crippen LogP contribution in [0.25, 0.3) is 0 Å². The van der Waals surface area contributed by atoms with Crippen molar-refractivity contribution in [3.8, 4) is 0 Å². The lowest BCUT2D eigenvalue weighted by molar-refractivity contribution is 0.869. The van der Waals surface area contributed by atoms with Crippen molar-refractivity contribution in [2.24, 2.45) is 5.10 Å². The predicted molar refractivity (Wildman–Crippen MR) is 90.8 cm³/mol. The second-order valence-electron chi connectivity index (χ2n) is 4.09. The van der Waals surface area contributed by atoms with E-state index in [0.29, 0.717) is 11.7 Å². The number of hydrogen-bond donors (Lipinski definition) is 2. The summed E-state index contributed by atoms with van der Waals surface area (Å²) in [4.78, 5) is 0. The third-order valence-electron chi connectivity index (χ3n) is 2.52. The van der Waals surface area contributed by atoms with Gasteiger partial charge in [-0.1, -0.05) is 58.4 Å². The fourth-order valence-electron chi connectivity index (χ4n) is 1.57. The number of benzene rings is 2. The van der Waals surface area contributed by atoms with E-state index in [1.807, 2.05) is 54.6 Å². The molecule has 0 aliphatic rings. The van der Waals surface area contributed by atoms with Gasteiger partial charge in [-0.15, -0.1) is 0 Å². The number of halogens is 1. The summed E-state index contributed by atoms with van der Waals surface area (Å²) in [5, 5.41) is 7.69. The van der Waals surface area contributed by atoms with Gasteiger partial charge in [0.15, 0.2) is 5.11 Å². The zero-order valence-corrected chi connectivity index (χ0v) is 13.1. The molecule has 0 heterocycles. The van der Waals surface area contributed by atoms with Crippen LogP contribution in [-0.4, -0.2) is 11.3 Å². The third kappa shape index (κ3) is 5.11. The first kappa shape index (κ1) is 14.7. The Kier molecular flexibility index (Phi) is 5.70. The summed E-state index contributed by atoms with van der Waals surface area (Å²) in [7, 11) is 0. The van der Waals surface area contributed by atoms with Crippen LogP contribution >= 0.6 is 28.1 Å². The maximum absolute atomic E-state index is 5.15. The molecule has 0 atom stereocenters. The van der Waals surface area contributed by atoms with Gasteiger partial charge >= 0.3 is 0 Å². The maximum atomic E-state index is 5.15. The monoisotopic (exact) mass is 347 g/mol. The van der Waals surface area contributed by atoms with Gasteiger partial charge in [0.25, 0.3) is 0 Å². The normalized spacial score (nSPS) is 10.4. The summed E-state index contributed by atoms with van der Waals surface area (Å²) in [5.74, 6) is 0. The highest BCUT2D eigenvalue weighted by molar-refractivity contribution is 9.10. The fourth-order valence-corrected chi connectivity index (χ4v) is 2.11. The first-order chi connectivity index (χ1) is 9.74. The Balaban J connectivity index is 1.78. The number of thiocarbonyl (C=S) groups is 1. The molecule has 2 aromatic carbocycles. The average Bonchev–Trinajstić information content (AvgIpc) is 2.46. The Morgan fingerprint density at radius 3 is 2.70 bits per heavy atom. The molecule has 0 radical (unpaired) electrons. The lowest BCUT2D eigenvalue weighted by Crippen LogP contribution is -2.31. The molecular weight excluding hydrogens is 334 g/mol. The second kappa shape index (κ2) is 7.77. The number of hydrazone groups is 1. The number of nitrogens with one attached hydrogen (secondary N) is 2. The summed E-state index contributed by atoms with van der Waals surface area (Å²) in [6.07, 6.45) is 1.72. The molecule has 0 bridgehead atoms. The molecule has 102 valence electrons. The van der Waals surface area contributed by atoms with Crippen LogP contribution in [0.5, 0.6) is 0 Å². The second-order valence-corrected chi connectivity index (χ2v) is 5.42. The third-order valence-corrected chi connectivity index (χ3v) is 3.25. The minimum atomic E-state index is 0.500. The molecule has 2 N–H and O–H groups in total. The van der Waals surface area contributed by atoms with E-state index >= 15 is 0 Å². The first-order valence-corrected chi connectivity index (χ1v) is 7.30. The lowest BCUT2D eigenvalue weighted by atomic mass is 10.2. The van der Waals surface area contributed by atoms with Gasteiger partial charge in [0, 0.05) is 11.0 Å². The van der Waals surface area contributed by atoms with Crippen molar-refractivity contribution in [1.29, 1.82) is 0 Å². The zero-order chi connectivity index (χ0) is 14.2. The molecule has 0 amide bonds. The van der Waals surface area contributed by atoms with E-state index in [4.69, 9.17) is 12.2 Å². The molecule has 0 aliphatic heterocycles. The summed E-state index contributed by atoms with van der Waals surface area (Å²) < 4.78 is 1.02. The highest BCUT2D eigenvalue weighted by atomic mass is 79.9. The van der Waals surface area contributed by atoms with Crippen molar-refractivity contribution >= 4 is 39.5 Å². The first-order valence-electron chi connectivity index (χ1n) is 6.10. The topological polar surface area (TPSA) is 36.4 Å². The van der Waals surface area contributed by atoms with Gasteiger partial charge < -0.3 is 5.32 Å². The fraction of sp³-hybridized carbons (Fsp3) is 0.0667. The van der Waals surface area contributed by atoms with Crippen LogP contribution in [-0.2, 0) is 6.54 Å². The van der Waals surface area contributed by atoms with Crippen LogP contribution in [0.4, 0.5) is 0 Å². The van der Waals surface area contributed by atoms with Crippen LogP contribution in [0.15, 0.2) is 64.2 Å². The van der Waals surface area contributed by atoms with E-state index in [2.05, 4.69) is 31.8 Å². The van der Waals surface area contributed by atoms with Crippen molar-refractivity contribution < 1.29 is 0 Å². The van der Waals surface area contributed by atoms with Crippen LogP contribution in [0.1, 0.15) is 11.1 Å². The van der Waals surface area contributed by atoms with E-state index in [1.54, 1.807) is 6.21 Å². The van der Waals surface area contributed by atoms with Gasteiger partial charge in [0.2, 0.25) is 0 Å². The van der Waals surface area contributed by atoms with Gasteiger partial charge in [0.1, 0.15) is 0 Å². The van der Waals surface area contributed by atoms with Crippen LogP contribution in [0, 0.1) is 0 Å². The molecule has 20 heavy (non-hydrogen) atoms. The zero-order valence-electron chi connectivity index (χ0n) is 10.7. The van der Waals surface area contributed by atoms with Gasteiger partial charge in [0.05, 0.1) is 6.21 Å². The molecule has 2 aromatic rings. The van der Waals surface area contributed by atoms with Crippen molar-refractivity contribution in [3.63, 3.8) is 0 Å². The van der Waals surface area contributed by atoms with E-state index in [9.17, 15) is 0 Å². The molecule has 2 rings (SSSR count). The molecule has 3 nitrogen and oxygen atoms in total. The Labute approximate surface area is 132 Å². The molecule has 0 spiro atoms. The summed E-state index contributed by atoms with van der Waals surface area (Å²) in [5.41, 5.74) is 4.97. The number of hydrogen-bond acceptors (Lipinski definition) is 2. The minimum Gasteiger partial charge on any atom is -0.357 e. The standard InChI is InChI=1S/C15H14BrN3S/c16-14-8-4-7-13(9-14)11-18-19-15(20)17-10-12-5-2-1-3-6-12/h1-9,11H,10H2,(H2,17,19,20)/b18-11-. The molecule has 0 saturated carbocycles. The van der Waals surface area contributed by atoms with Gasteiger partial charge in [-0.05, 0) is 35.5 Å². The van der Waals surface area contributed by atoms with E-state index in [1.165, 1.54) is 5.56 Å². The van der Waals surface area contributed by atoms with Crippen LogP contribution < -0.4 is 10.7 Å². The number of rotatable bonds is 4. The Hall–Kier alpha value is -1.72. The Morgan fingerprint density at radius 2 is 1.95 bits per heavy atom. The molecule has 5 heteroatoms. The van der Waals surface area contributed by atoms with Gasteiger partial charge in [-0.25, -0.2) is 0 Å². The molecule has 0 aromatic heterocycles. The summed E-state index contributed by atoms with van der Waals surface area (Å²) in [6, 6.07) is 17.9. The molecular formula is C15H14BrN3S. The van der Waals surface area contributed by atoms with E-state index in [0.717, 1.165) is 10.0 Å². The van der Waals surface area contributed by atoms with Crippen molar-refractivity contribution in [3.05, 3.63) is 70.2 Å². The van der Waals surface area contributed by atoms with E-state index < -0.39 is 0 Å². The number of nitrogens with zero attached hydrogens (tertiary/aromatic N) is 1. The Bertz CT molecular complexity index is 599. The van der Waals surface area contributed by atoms with Crippen LogP contribution in [0.3, 0.4) is 0 Å². The SMILES string of the molecule is S=C(NCc1ccccc1)N/N=C\c1cccc(Br)c1. The van der Waals surface area contributed by atoms with Crippen molar-refractivity contribution in [2.75, 3.05) is 0 Å². The highest BCUT2D eigenvalue weighted by Gasteiger charge is 1.94. The molecule has 0 aliphatic carbocycles. The maximum Gasteiger partial charge on any atom is 0.187 e. The smallest absolute Gasteiger partial charge is 0.187 e. The minimum absolute atomic E-state index is 0.500. The highest BCUT2D eigenvalue weighted by Crippen LogP contribution is 2.09. The largest absolute Gasteiger partial charge is 0.357 e. The predicted octanol–water partition coefficient (Wildman–Crippen LogP) is 3.45. The van der Waals surface area contributed by atoms with Gasteiger partial charge in [-0.3, -0.25) is 5.43 Å².